The third kappa shape index (κ3) is 5.19. The molecule has 2 atom stereocenters. The maximum absolute atomic E-state index is 5.69. The standard InChI is InChI=1S/C20H32N4O/c1-15-10-16(2)14-24(13-15)9-5-4-8-21-11-18-12-22-23-20(18)19-7-6-17(3)25-19/h6-7,12,15-16,21H,4-5,8-11,13-14H2,1-3H3,(H,22,23). The van der Waals surface area contributed by atoms with Crippen molar-refractivity contribution in [3.63, 3.8) is 0 Å². The van der Waals surface area contributed by atoms with Crippen molar-refractivity contribution in [1.82, 2.24) is 20.4 Å². The van der Waals surface area contributed by atoms with E-state index in [0.717, 1.165) is 47.7 Å². The number of nitrogens with zero attached hydrogens (tertiary/aromatic N) is 2. The van der Waals surface area contributed by atoms with Crippen LogP contribution in [0, 0.1) is 18.8 Å². The van der Waals surface area contributed by atoms with Crippen molar-refractivity contribution in [3.8, 4) is 11.5 Å². The Labute approximate surface area is 151 Å². The van der Waals surface area contributed by atoms with Gasteiger partial charge in [-0.05, 0) is 63.2 Å². The summed E-state index contributed by atoms with van der Waals surface area (Å²) in [4.78, 5) is 2.65. The van der Waals surface area contributed by atoms with Crippen molar-refractivity contribution >= 4 is 0 Å². The Kier molecular flexibility index (Phi) is 6.32. The molecule has 2 unspecified atom stereocenters. The fourth-order valence-corrected chi connectivity index (χ4v) is 4.01. The molecule has 0 aromatic carbocycles. The SMILES string of the molecule is Cc1ccc(-c2[nH]ncc2CNCCCCN2CC(C)CC(C)C2)o1. The number of nitrogens with one attached hydrogen (secondary N) is 2. The fourth-order valence-electron chi connectivity index (χ4n) is 4.01. The summed E-state index contributed by atoms with van der Waals surface area (Å²) >= 11 is 0. The average Bonchev–Trinajstić information content (AvgIpc) is 3.18. The number of aryl methyl sites for hydroxylation is 1. The Morgan fingerprint density at radius 1 is 1.24 bits per heavy atom. The number of unbranched alkanes of at least 4 members (excludes halogenated alkanes) is 1. The maximum Gasteiger partial charge on any atom is 0.152 e. The molecule has 3 heterocycles. The largest absolute Gasteiger partial charge is 0.460 e. The predicted octanol–water partition coefficient (Wildman–Crippen LogP) is 3.83. The zero-order chi connectivity index (χ0) is 17.6. The zero-order valence-corrected chi connectivity index (χ0v) is 15.8. The monoisotopic (exact) mass is 344 g/mol. The van der Waals surface area contributed by atoms with Gasteiger partial charge in [-0.2, -0.15) is 5.10 Å². The summed E-state index contributed by atoms with van der Waals surface area (Å²) in [5, 5.41) is 10.8. The van der Waals surface area contributed by atoms with Crippen molar-refractivity contribution < 1.29 is 4.42 Å². The number of furan rings is 1. The first-order valence-electron chi connectivity index (χ1n) is 9.64. The van der Waals surface area contributed by atoms with Crippen LogP contribution in [0.15, 0.2) is 22.7 Å². The Morgan fingerprint density at radius 2 is 2.04 bits per heavy atom. The summed E-state index contributed by atoms with van der Waals surface area (Å²) in [6, 6.07) is 3.97. The number of rotatable bonds is 8. The molecule has 0 bridgehead atoms. The lowest BCUT2D eigenvalue weighted by Gasteiger charge is -2.34. The minimum absolute atomic E-state index is 0.823. The third-order valence-electron chi connectivity index (χ3n) is 5.04. The van der Waals surface area contributed by atoms with E-state index in [9.17, 15) is 0 Å². The first kappa shape index (κ1) is 18.2. The molecule has 0 amide bonds. The summed E-state index contributed by atoms with van der Waals surface area (Å²) in [5.74, 6) is 3.49. The quantitative estimate of drug-likeness (QED) is 0.715. The van der Waals surface area contributed by atoms with Gasteiger partial charge in [-0.1, -0.05) is 13.8 Å². The van der Waals surface area contributed by atoms with Crippen LogP contribution in [0.4, 0.5) is 0 Å². The van der Waals surface area contributed by atoms with E-state index in [1.807, 2.05) is 25.3 Å². The van der Waals surface area contributed by atoms with Gasteiger partial charge >= 0.3 is 0 Å². The van der Waals surface area contributed by atoms with Crippen molar-refractivity contribution in [2.45, 2.75) is 46.6 Å². The second-order valence-electron chi connectivity index (χ2n) is 7.77. The van der Waals surface area contributed by atoms with Gasteiger partial charge in [0.1, 0.15) is 11.5 Å². The van der Waals surface area contributed by atoms with Gasteiger partial charge in [0, 0.05) is 25.2 Å². The molecular weight excluding hydrogens is 312 g/mol. The first-order chi connectivity index (χ1) is 12.1. The van der Waals surface area contributed by atoms with E-state index >= 15 is 0 Å². The lowest BCUT2D eigenvalue weighted by atomic mass is 9.92. The highest BCUT2D eigenvalue weighted by Crippen LogP contribution is 2.23. The van der Waals surface area contributed by atoms with E-state index in [0.29, 0.717) is 0 Å². The molecule has 5 nitrogen and oxygen atoms in total. The molecule has 1 fully saturated rings. The van der Waals surface area contributed by atoms with Gasteiger partial charge in [0.2, 0.25) is 0 Å². The van der Waals surface area contributed by atoms with E-state index in [-0.39, 0.29) is 0 Å². The number of likely N-dealkylation sites (tertiary alicyclic amines) is 1. The molecule has 1 saturated heterocycles. The first-order valence-corrected chi connectivity index (χ1v) is 9.64. The summed E-state index contributed by atoms with van der Waals surface area (Å²) in [6.07, 6.45) is 5.76. The molecule has 25 heavy (non-hydrogen) atoms. The van der Waals surface area contributed by atoms with Gasteiger partial charge in [-0.15, -0.1) is 0 Å². The molecule has 1 aliphatic rings. The number of aromatic nitrogens is 2. The predicted molar refractivity (Wildman–Crippen MR) is 101 cm³/mol. The number of H-pyrrole nitrogens is 1. The van der Waals surface area contributed by atoms with Crippen LogP contribution >= 0.6 is 0 Å². The highest BCUT2D eigenvalue weighted by Gasteiger charge is 2.20. The normalized spacial score (nSPS) is 21.7. The van der Waals surface area contributed by atoms with Crippen LogP contribution in [-0.2, 0) is 6.54 Å². The Balaban J connectivity index is 1.35. The van der Waals surface area contributed by atoms with Gasteiger partial charge in [0.25, 0.3) is 0 Å². The van der Waals surface area contributed by atoms with Gasteiger partial charge in [-0.25, -0.2) is 0 Å². The van der Waals surface area contributed by atoms with Gasteiger partial charge in [0.15, 0.2) is 5.76 Å². The number of piperidine rings is 1. The molecule has 0 spiro atoms. The van der Waals surface area contributed by atoms with Crippen LogP contribution in [0.5, 0.6) is 0 Å². The molecule has 1 aliphatic heterocycles. The van der Waals surface area contributed by atoms with Gasteiger partial charge in [0.05, 0.1) is 6.20 Å². The fraction of sp³-hybridized carbons (Fsp3) is 0.650. The summed E-state index contributed by atoms with van der Waals surface area (Å²) < 4.78 is 5.69. The lowest BCUT2D eigenvalue weighted by molar-refractivity contribution is 0.139. The Bertz CT molecular complexity index is 638. The Hall–Kier alpha value is -1.59. The van der Waals surface area contributed by atoms with Crippen LogP contribution in [0.3, 0.4) is 0 Å². The maximum atomic E-state index is 5.69. The third-order valence-corrected chi connectivity index (χ3v) is 5.04. The molecule has 2 aromatic heterocycles. The lowest BCUT2D eigenvalue weighted by Crippen LogP contribution is -2.39. The van der Waals surface area contributed by atoms with Gasteiger partial charge in [-0.3, -0.25) is 5.10 Å². The topological polar surface area (TPSA) is 57.1 Å². The average molecular weight is 345 g/mol. The second-order valence-corrected chi connectivity index (χ2v) is 7.77. The van der Waals surface area contributed by atoms with Crippen molar-refractivity contribution in [2.24, 2.45) is 11.8 Å². The minimum Gasteiger partial charge on any atom is -0.460 e. The molecule has 3 rings (SSSR count). The minimum atomic E-state index is 0.823. The van der Waals surface area contributed by atoms with E-state index in [2.05, 4.69) is 34.3 Å². The smallest absolute Gasteiger partial charge is 0.152 e. The molecule has 138 valence electrons. The second kappa shape index (κ2) is 8.68. The Morgan fingerprint density at radius 3 is 2.76 bits per heavy atom. The molecule has 0 aliphatic carbocycles. The molecular formula is C20H32N4O. The summed E-state index contributed by atoms with van der Waals surface area (Å²) in [6.45, 7) is 12.4. The number of hydrogen-bond acceptors (Lipinski definition) is 4. The number of aromatic amines is 1. The highest BCUT2D eigenvalue weighted by atomic mass is 16.3. The van der Waals surface area contributed by atoms with Crippen molar-refractivity contribution in [2.75, 3.05) is 26.2 Å². The molecule has 0 radical (unpaired) electrons. The van der Waals surface area contributed by atoms with Crippen molar-refractivity contribution in [3.05, 3.63) is 29.7 Å². The zero-order valence-electron chi connectivity index (χ0n) is 15.8. The van der Waals surface area contributed by atoms with E-state index in [1.54, 1.807) is 0 Å². The molecule has 2 N–H and O–H groups in total. The molecule has 0 saturated carbocycles. The van der Waals surface area contributed by atoms with Crippen molar-refractivity contribution in [1.29, 1.82) is 0 Å². The van der Waals surface area contributed by atoms with Crippen LogP contribution in [0.2, 0.25) is 0 Å². The summed E-state index contributed by atoms with van der Waals surface area (Å²) in [7, 11) is 0. The molecule has 5 heteroatoms. The summed E-state index contributed by atoms with van der Waals surface area (Å²) in [5.41, 5.74) is 2.14. The van der Waals surface area contributed by atoms with E-state index < -0.39 is 0 Å². The highest BCUT2D eigenvalue weighted by molar-refractivity contribution is 5.56. The van der Waals surface area contributed by atoms with Crippen LogP contribution in [0.1, 0.15) is 44.4 Å². The molecule has 2 aromatic rings. The number of hydrogen-bond donors (Lipinski definition) is 2. The van der Waals surface area contributed by atoms with Crippen LogP contribution in [0.25, 0.3) is 11.5 Å². The van der Waals surface area contributed by atoms with Gasteiger partial charge < -0.3 is 14.6 Å². The van der Waals surface area contributed by atoms with Crippen LogP contribution < -0.4 is 5.32 Å². The van der Waals surface area contributed by atoms with Crippen LogP contribution in [-0.4, -0.2) is 41.3 Å². The van der Waals surface area contributed by atoms with E-state index in [4.69, 9.17) is 4.42 Å². The van der Waals surface area contributed by atoms with E-state index in [1.165, 1.54) is 38.9 Å².